The second kappa shape index (κ2) is 13.2. The summed E-state index contributed by atoms with van der Waals surface area (Å²) in [4.78, 5) is 18.3. The molecular formula is C44H30N4Na. The van der Waals surface area contributed by atoms with Gasteiger partial charge in [0.05, 0.1) is 22.8 Å². The van der Waals surface area contributed by atoms with Crippen molar-refractivity contribution < 1.29 is 0 Å². The summed E-state index contributed by atoms with van der Waals surface area (Å²) in [5, 5.41) is 0. The number of rotatable bonds is 4. The van der Waals surface area contributed by atoms with Crippen LogP contribution in [0.25, 0.3) is 90.9 Å². The molecule has 7 aromatic rings. The number of hydrogen-bond acceptors (Lipinski definition) is 2. The zero-order chi connectivity index (χ0) is 31.9. The molecule has 0 atom stereocenters. The molecule has 8 bridgehead atoms. The molecular weight excluding hydrogens is 608 g/mol. The maximum atomic E-state index is 5.35. The number of H-pyrrole nitrogens is 2. The van der Waals surface area contributed by atoms with Gasteiger partial charge in [-0.25, -0.2) is 9.97 Å². The monoisotopic (exact) mass is 637 g/mol. The largest absolute Gasteiger partial charge is 0.354 e. The van der Waals surface area contributed by atoms with E-state index in [0.717, 1.165) is 89.4 Å². The molecule has 3 aromatic heterocycles. The number of fused-ring (bicyclic) bond motifs is 8. The van der Waals surface area contributed by atoms with Crippen LogP contribution in [0.4, 0.5) is 0 Å². The molecule has 0 unspecified atom stereocenters. The van der Waals surface area contributed by atoms with Crippen molar-refractivity contribution in [2.45, 2.75) is 0 Å². The molecule has 227 valence electrons. The van der Waals surface area contributed by atoms with Crippen LogP contribution in [-0.2, 0) is 0 Å². The Hall–Kier alpha value is -5.52. The molecule has 0 saturated heterocycles. The zero-order valence-corrected chi connectivity index (χ0v) is 29.1. The number of aromatic nitrogens is 4. The molecule has 2 aliphatic heterocycles. The van der Waals surface area contributed by atoms with Gasteiger partial charge >= 0.3 is 0 Å². The number of nitrogens with zero attached hydrogens (tertiary/aromatic N) is 2. The summed E-state index contributed by atoms with van der Waals surface area (Å²) in [7, 11) is 0. The van der Waals surface area contributed by atoms with Crippen molar-refractivity contribution in [3.8, 4) is 44.5 Å². The molecule has 0 aliphatic carbocycles. The summed E-state index contributed by atoms with van der Waals surface area (Å²) in [6, 6.07) is 50.7. The summed E-state index contributed by atoms with van der Waals surface area (Å²) in [6.45, 7) is 0. The van der Waals surface area contributed by atoms with E-state index in [4.69, 9.17) is 9.97 Å². The summed E-state index contributed by atoms with van der Waals surface area (Å²) < 4.78 is 0. The predicted molar refractivity (Wildman–Crippen MR) is 206 cm³/mol. The van der Waals surface area contributed by atoms with Gasteiger partial charge in [-0.3, -0.25) is 0 Å². The molecule has 4 nitrogen and oxygen atoms in total. The van der Waals surface area contributed by atoms with Crippen molar-refractivity contribution in [1.29, 1.82) is 0 Å². The third kappa shape index (κ3) is 5.70. The molecule has 0 fully saturated rings. The van der Waals surface area contributed by atoms with Crippen molar-refractivity contribution in [3.63, 3.8) is 0 Å². The van der Waals surface area contributed by atoms with Gasteiger partial charge in [-0.15, -0.1) is 0 Å². The van der Waals surface area contributed by atoms with Gasteiger partial charge < -0.3 is 9.97 Å². The topological polar surface area (TPSA) is 57.4 Å². The first kappa shape index (κ1) is 30.8. The minimum atomic E-state index is 0. The SMILES string of the molecule is C1=Cc2nc1c(-c1ccccc1)c1ccc([nH]1)c(-c1ccccc1)c1nc(c(-c3ccccc3)c3ccc([nH]3)c2-c2ccccc2)C=C1.[Na]. The summed E-state index contributed by atoms with van der Waals surface area (Å²) in [6.07, 6.45) is 8.54. The van der Waals surface area contributed by atoms with E-state index in [9.17, 15) is 0 Å². The standard InChI is InChI=1S/C44H30N4.Na/c1-5-13-29(14-6-1)41-33-21-23-35(45-33)42(30-15-7-2-8-16-30)37-25-27-39(47-37)44(32-19-11-4-12-20-32)40-28-26-38(48-40)43(31-17-9-3-10-18-31)36-24-22-34(41)46-36;/h1-28,45,48H;. The van der Waals surface area contributed by atoms with E-state index < -0.39 is 0 Å². The molecule has 2 aliphatic rings. The first-order chi connectivity index (χ1) is 23.8. The van der Waals surface area contributed by atoms with Gasteiger partial charge in [0.2, 0.25) is 0 Å². The molecule has 1 radical (unpaired) electrons. The van der Waals surface area contributed by atoms with Crippen LogP contribution in [-0.4, -0.2) is 49.5 Å². The van der Waals surface area contributed by atoms with Crippen LogP contribution in [0.3, 0.4) is 0 Å². The van der Waals surface area contributed by atoms with Gasteiger partial charge in [-0.2, -0.15) is 0 Å². The Morgan fingerprint density at radius 3 is 0.735 bits per heavy atom. The minimum absolute atomic E-state index is 0. The van der Waals surface area contributed by atoms with Gasteiger partial charge in [0.15, 0.2) is 0 Å². The molecule has 5 heteroatoms. The average molecular weight is 638 g/mol. The Morgan fingerprint density at radius 1 is 0.286 bits per heavy atom. The van der Waals surface area contributed by atoms with Gasteiger partial charge in [0, 0.05) is 73.9 Å². The average Bonchev–Trinajstić information content (AvgIpc) is 3.98. The maximum absolute atomic E-state index is 5.35. The molecule has 4 aromatic carbocycles. The first-order valence-electron chi connectivity index (χ1n) is 16.2. The van der Waals surface area contributed by atoms with Crippen LogP contribution in [0, 0.1) is 0 Å². The van der Waals surface area contributed by atoms with Gasteiger partial charge in [-0.05, 0) is 70.8 Å². The Kier molecular flexibility index (Phi) is 8.28. The van der Waals surface area contributed by atoms with Crippen LogP contribution < -0.4 is 0 Å². The zero-order valence-electron chi connectivity index (χ0n) is 27.1. The van der Waals surface area contributed by atoms with Gasteiger partial charge in [-0.1, -0.05) is 121 Å². The minimum Gasteiger partial charge on any atom is -0.354 e. The fraction of sp³-hybridized carbons (Fsp3) is 0. The molecule has 0 amide bonds. The van der Waals surface area contributed by atoms with E-state index in [2.05, 4.69) is 156 Å². The van der Waals surface area contributed by atoms with Crippen molar-refractivity contribution in [2.24, 2.45) is 0 Å². The first-order valence-corrected chi connectivity index (χ1v) is 16.2. The van der Waals surface area contributed by atoms with E-state index in [0.29, 0.717) is 0 Å². The number of benzene rings is 4. The van der Waals surface area contributed by atoms with Gasteiger partial charge in [0.25, 0.3) is 0 Å². The third-order valence-electron chi connectivity index (χ3n) is 9.00. The Labute approximate surface area is 306 Å². The number of aromatic amines is 2. The smallest absolute Gasteiger partial charge is 0.0737 e. The molecule has 5 heterocycles. The van der Waals surface area contributed by atoms with Crippen molar-refractivity contribution in [1.82, 2.24) is 19.9 Å². The van der Waals surface area contributed by atoms with Crippen LogP contribution in [0.1, 0.15) is 22.8 Å². The van der Waals surface area contributed by atoms with Crippen LogP contribution in [0.5, 0.6) is 0 Å². The van der Waals surface area contributed by atoms with Crippen LogP contribution in [0.2, 0.25) is 0 Å². The number of nitrogens with one attached hydrogen (secondary N) is 2. The van der Waals surface area contributed by atoms with Crippen molar-refractivity contribution in [2.75, 3.05) is 0 Å². The normalized spacial score (nSPS) is 11.8. The van der Waals surface area contributed by atoms with Gasteiger partial charge in [0.1, 0.15) is 0 Å². The van der Waals surface area contributed by atoms with Crippen molar-refractivity contribution >= 4 is 75.9 Å². The van der Waals surface area contributed by atoms with Crippen LogP contribution >= 0.6 is 0 Å². The second-order valence-electron chi connectivity index (χ2n) is 12.0. The van der Waals surface area contributed by atoms with Crippen LogP contribution in [0.15, 0.2) is 146 Å². The summed E-state index contributed by atoms with van der Waals surface area (Å²) >= 11 is 0. The Balaban J connectivity index is 0.00000348. The maximum Gasteiger partial charge on any atom is 0.0737 e. The number of hydrogen-bond donors (Lipinski definition) is 2. The second-order valence-corrected chi connectivity index (χ2v) is 12.0. The van der Waals surface area contributed by atoms with Crippen molar-refractivity contribution in [3.05, 3.63) is 168 Å². The molecule has 0 spiro atoms. The van der Waals surface area contributed by atoms with E-state index >= 15 is 0 Å². The fourth-order valence-electron chi connectivity index (χ4n) is 6.84. The Bertz CT molecular complexity index is 2180. The summed E-state index contributed by atoms with van der Waals surface area (Å²) in [5.41, 5.74) is 16.2. The van der Waals surface area contributed by atoms with E-state index in [-0.39, 0.29) is 29.6 Å². The Morgan fingerprint density at radius 2 is 0.510 bits per heavy atom. The quantitative estimate of drug-likeness (QED) is 0.189. The molecule has 9 rings (SSSR count). The van der Waals surface area contributed by atoms with E-state index in [1.165, 1.54) is 0 Å². The van der Waals surface area contributed by atoms with E-state index in [1.54, 1.807) is 0 Å². The fourth-order valence-corrected chi connectivity index (χ4v) is 6.84. The molecule has 49 heavy (non-hydrogen) atoms. The van der Waals surface area contributed by atoms with E-state index in [1.807, 2.05) is 24.3 Å². The molecule has 0 saturated carbocycles. The summed E-state index contributed by atoms with van der Waals surface area (Å²) in [5.74, 6) is 0. The third-order valence-corrected chi connectivity index (χ3v) is 9.00. The molecule has 2 N–H and O–H groups in total. The predicted octanol–water partition coefficient (Wildman–Crippen LogP) is 10.9.